The highest BCUT2D eigenvalue weighted by molar-refractivity contribution is 7.11. The number of hydrogen-bond acceptors (Lipinski definition) is 3. The maximum Gasteiger partial charge on any atom is 0.0930 e. The van der Waals surface area contributed by atoms with Gasteiger partial charge in [0.05, 0.1) is 10.7 Å². The Labute approximate surface area is 90.8 Å². The van der Waals surface area contributed by atoms with Gasteiger partial charge in [-0.25, -0.2) is 4.98 Å². The lowest BCUT2D eigenvalue weighted by molar-refractivity contribution is 0.727. The second-order valence-corrected chi connectivity index (χ2v) is 4.74. The minimum absolute atomic E-state index is 1.10. The molecule has 0 aliphatic heterocycles. The van der Waals surface area contributed by atoms with Gasteiger partial charge < -0.3 is 5.32 Å². The highest BCUT2D eigenvalue weighted by Crippen LogP contribution is 2.20. The molecule has 0 saturated carbocycles. The van der Waals surface area contributed by atoms with Crippen LogP contribution in [0, 0.1) is 6.92 Å². The molecule has 0 unspecified atom stereocenters. The summed E-state index contributed by atoms with van der Waals surface area (Å²) in [4.78, 5) is 6.05. The smallest absolute Gasteiger partial charge is 0.0930 e. The van der Waals surface area contributed by atoms with Gasteiger partial charge in [0.25, 0.3) is 0 Å². The molecular formula is C11H20N2S. The zero-order chi connectivity index (χ0) is 10.4. The van der Waals surface area contributed by atoms with Gasteiger partial charge in [-0.15, -0.1) is 11.3 Å². The largest absolute Gasteiger partial charge is 0.320 e. The van der Waals surface area contributed by atoms with Crippen LogP contribution < -0.4 is 5.32 Å². The fourth-order valence-electron chi connectivity index (χ4n) is 1.47. The number of nitrogens with zero attached hydrogens (tertiary/aromatic N) is 1. The Morgan fingerprint density at radius 2 is 2.14 bits per heavy atom. The third kappa shape index (κ3) is 3.39. The summed E-state index contributed by atoms with van der Waals surface area (Å²) in [6, 6.07) is 0. The molecule has 0 fully saturated rings. The Balaban J connectivity index is 2.49. The van der Waals surface area contributed by atoms with Crippen LogP contribution in [-0.2, 0) is 12.8 Å². The van der Waals surface area contributed by atoms with E-state index in [0.29, 0.717) is 0 Å². The van der Waals surface area contributed by atoms with Crippen LogP contribution in [0.15, 0.2) is 0 Å². The van der Waals surface area contributed by atoms with Gasteiger partial charge in [-0.05, 0) is 46.2 Å². The van der Waals surface area contributed by atoms with Crippen LogP contribution in [0.1, 0.15) is 35.3 Å². The van der Waals surface area contributed by atoms with Crippen LogP contribution in [0.25, 0.3) is 0 Å². The maximum absolute atomic E-state index is 4.58. The van der Waals surface area contributed by atoms with Crippen molar-refractivity contribution < 1.29 is 0 Å². The summed E-state index contributed by atoms with van der Waals surface area (Å²) in [5.41, 5.74) is 1.24. The first-order chi connectivity index (χ1) is 6.77. The zero-order valence-electron chi connectivity index (χ0n) is 9.39. The lowest BCUT2D eigenvalue weighted by Gasteiger charge is -1.97. The van der Waals surface area contributed by atoms with E-state index >= 15 is 0 Å². The molecule has 0 atom stereocenters. The predicted octanol–water partition coefficient (Wildman–Crippen LogP) is 2.56. The van der Waals surface area contributed by atoms with Crippen molar-refractivity contribution in [3.8, 4) is 0 Å². The minimum Gasteiger partial charge on any atom is -0.320 e. The Hall–Kier alpha value is -0.410. The van der Waals surface area contributed by atoms with Crippen molar-refractivity contribution in [2.45, 2.75) is 39.5 Å². The summed E-state index contributed by atoms with van der Waals surface area (Å²) in [5.74, 6) is 0. The average molecular weight is 212 g/mol. The number of rotatable bonds is 6. The van der Waals surface area contributed by atoms with E-state index in [2.05, 4.69) is 24.1 Å². The van der Waals surface area contributed by atoms with Crippen LogP contribution in [-0.4, -0.2) is 18.6 Å². The van der Waals surface area contributed by atoms with Crippen LogP contribution in [0.3, 0.4) is 0 Å². The minimum atomic E-state index is 1.10. The molecule has 2 nitrogen and oxygen atoms in total. The van der Waals surface area contributed by atoms with Gasteiger partial charge in [0.15, 0.2) is 0 Å². The number of aryl methyl sites for hydroxylation is 3. The standard InChI is InChI=1S/C11H20N2S/c1-4-6-11-13-9(2)10(14-11)7-5-8-12-3/h12H,4-8H2,1-3H3. The van der Waals surface area contributed by atoms with Gasteiger partial charge in [0.1, 0.15) is 0 Å². The van der Waals surface area contributed by atoms with E-state index < -0.39 is 0 Å². The maximum atomic E-state index is 4.58. The van der Waals surface area contributed by atoms with E-state index in [4.69, 9.17) is 0 Å². The van der Waals surface area contributed by atoms with E-state index in [0.717, 1.165) is 13.0 Å². The third-order valence-electron chi connectivity index (χ3n) is 2.23. The summed E-state index contributed by atoms with van der Waals surface area (Å²) in [5, 5.41) is 4.48. The zero-order valence-corrected chi connectivity index (χ0v) is 10.2. The Kier molecular flexibility index (Phi) is 5.12. The number of hydrogen-bond donors (Lipinski definition) is 1. The number of aromatic nitrogens is 1. The molecule has 1 N–H and O–H groups in total. The Morgan fingerprint density at radius 3 is 2.79 bits per heavy atom. The van der Waals surface area contributed by atoms with Crippen molar-refractivity contribution >= 4 is 11.3 Å². The SMILES string of the molecule is CCCc1nc(C)c(CCCNC)s1. The number of nitrogens with one attached hydrogen (secondary N) is 1. The molecule has 1 heterocycles. The lowest BCUT2D eigenvalue weighted by Crippen LogP contribution is -2.08. The van der Waals surface area contributed by atoms with Crippen molar-refractivity contribution in [2.24, 2.45) is 0 Å². The van der Waals surface area contributed by atoms with Crippen LogP contribution in [0.4, 0.5) is 0 Å². The molecular weight excluding hydrogens is 192 g/mol. The van der Waals surface area contributed by atoms with E-state index in [1.807, 2.05) is 18.4 Å². The average Bonchev–Trinajstić information content (AvgIpc) is 2.48. The second-order valence-electron chi connectivity index (χ2n) is 3.57. The van der Waals surface area contributed by atoms with E-state index in [1.54, 1.807) is 0 Å². The Bertz CT molecular complexity index is 268. The summed E-state index contributed by atoms with van der Waals surface area (Å²) in [6.45, 7) is 5.43. The van der Waals surface area contributed by atoms with E-state index in [-0.39, 0.29) is 0 Å². The van der Waals surface area contributed by atoms with Crippen molar-refractivity contribution in [1.29, 1.82) is 0 Å². The summed E-state index contributed by atoms with van der Waals surface area (Å²) in [6.07, 6.45) is 4.72. The monoisotopic (exact) mass is 212 g/mol. The second kappa shape index (κ2) is 6.14. The molecule has 1 aromatic rings. The van der Waals surface area contributed by atoms with E-state index in [1.165, 1.54) is 34.8 Å². The topological polar surface area (TPSA) is 24.9 Å². The first kappa shape index (κ1) is 11.7. The van der Waals surface area contributed by atoms with Gasteiger partial charge in [-0.1, -0.05) is 6.92 Å². The van der Waals surface area contributed by atoms with Crippen molar-refractivity contribution in [2.75, 3.05) is 13.6 Å². The van der Waals surface area contributed by atoms with Gasteiger partial charge in [-0.3, -0.25) is 0 Å². The molecule has 80 valence electrons. The highest BCUT2D eigenvalue weighted by atomic mass is 32.1. The van der Waals surface area contributed by atoms with Crippen LogP contribution in [0.2, 0.25) is 0 Å². The number of thiazole rings is 1. The van der Waals surface area contributed by atoms with E-state index in [9.17, 15) is 0 Å². The summed E-state index contributed by atoms with van der Waals surface area (Å²) in [7, 11) is 2.00. The molecule has 3 heteroatoms. The van der Waals surface area contributed by atoms with Crippen molar-refractivity contribution in [3.05, 3.63) is 15.6 Å². The van der Waals surface area contributed by atoms with Gasteiger partial charge in [0, 0.05) is 4.88 Å². The van der Waals surface area contributed by atoms with Gasteiger partial charge >= 0.3 is 0 Å². The lowest BCUT2D eigenvalue weighted by atomic mass is 10.2. The normalized spacial score (nSPS) is 10.8. The van der Waals surface area contributed by atoms with Gasteiger partial charge in [0.2, 0.25) is 0 Å². The molecule has 0 amide bonds. The predicted molar refractivity (Wildman–Crippen MR) is 63.1 cm³/mol. The summed E-state index contributed by atoms with van der Waals surface area (Å²) >= 11 is 1.90. The molecule has 0 aliphatic carbocycles. The molecule has 0 aliphatic rings. The molecule has 0 bridgehead atoms. The first-order valence-electron chi connectivity index (χ1n) is 5.37. The summed E-state index contributed by atoms with van der Waals surface area (Å²) < 4.78 is 0. The van der Waals surface area contributed by atoms with Crippen molar-refractivity contribution in [3.63, 3.8) is 0 Å². The first-order valence-corrected chi connectivity index (χ1v) is 6.19. The highest BCUT2D eigenvalue weighted by Gasteiger charge is 2.05. The van der Waals surface area contributed by atoms with Crippen LogP contribution >= 0.6 is 11.3 Å². The molecule has 14 heavy (non-hydrogen) atoms. The quantitative estimate of drug-likeness (QED) is 0.733. The molecule has 1 rings (SSSR count). The molecule has 0 spiro atoms. The van der Waals surface area contributed by atoms with Gasteiger partial charge in [-0.2, -0.15) is 0 Å². The Morgan fingerprint density at radius 1 is 1.36 bits per heavy atom. The molecule has 0 aromatic carbocycles. The third-order valence-corrected chi connectivity index (χ3v) is 3.51. The molecule has 0 saturated heterocycles. The van der Waals surface area contributed by atoms with Crippen molar-refractivity contribution in [1.82, 2.24) is 10.3 Å². The van der Waals surface area contributed by atoms with Crippen LogP contribution in [0.5, 0.6) is 0 Å². The molecule has 1 aromatic heterocycles. The fraction of sp³-hybridized carbons (Fsp3) is 0.727. The molecule has 0 radical (unpaired) electrons. The fourth-order valence-corrected chi connectivity index (χ4v) is 2.68.